The van der Waals surface area contributed by atoms with Gasteiger partial charge in [0.2, 0.25) is 0 Å². The lowest BCUT2D eigenvalue weighted by molar-refractivity contribution is -0.384. The van der Waals surface area contributed by atoms with Crippen molar-refractivity contribution < 1.29 is 18.9 Å². The summed E-state index contributed by atoms with van der Waals surface area (Å²) in [7, 11) is 0. The van der Waals surface area contributed by atoms with Crippen LogP contribution in [0.25, 0.3) is 17.4 Å². The van der Waals surface area contributed by atoms with E-state index in [2.05, 4.69) is 0 Å². The van der Waals surface area contributed by atoms with Crippen molar-refractivity contribution in [2.24, 2.45) is 0 Å². The van der Waals surface area contributed by atoms with Crippen LogP contribution in [0.3, 0.4) is 0 Å². The molecular formula is C22H16N2O5S2. The van der Waals surface area contributed by atoms with Crippen LogP contribution in [0.2, 0.25) is 0 Å². The summed E-state index contributed by atoms with van der Waals surface area (Å²) in [6.07, 6.45) is 1.62. The zero-order chi connectivity index (χ0) is 22.0. The highest BCUT2D eigenvalue weighted by Gasteiger charge is 2.33. The van der Waals surface area contributed by atoms with Crippen molar-refractivity contribution in [1.29, 1.82) is 0 Å². The highest BCUT2D eigenvalue weighted by Crippen LogP contribution is 2.37. The average Bonchev–Trinajstić information content (AvgIpc) is 3.34. The van der Waals surface area contributed by atoms with Gasteiger partial charge >= 0.3 is 0 Å². The van der Waals surface area contributed by atoms with Crippen molar-refractivity contribution in [1.82, 2.24) is 0 Å². The van der Waals surface area contributed by atoms with Gasteiger partial charge in [0.1, 0.15) is 17.3 Å². The number of carbonyl (C=O) groups is 1. The standard InChI is InChI=1S/C22H16N2O5S2/c1-2-28-17-8-6-15(7-9-17)23-21(25)20(31-22(23)30)13-18-10-11-19(29-18)14-4-3-5-16(12-14)24(26)27/h3-13H,2H2,1H3/b20-13+. The summed E-state index contributed by atoms with van der Waals surface area (Å²) in [6, 6.07) is 16.7. The fourth-order valence-corrected chi connectivity index (χ4v) is 4.32. The van der Waals surface area contributed by atoms with Crippen molar-refractivity contribution >= 4 is 51.7 Å². The lowest BCUT2D eigenvalue weighted by Gasteiger charge is -2.15. The molecule has 0 bridgehead atoms. The van der Waals surface area contributed by atoms with Crippen LogP contribution in [-0.2, 0) is 4.79 Å². The topological polar surface area (TPSA) is 85.8 Å². The maximum Gasteiger partial charge on any atom is 0.270 e. The SMILES string of the molecule is CCOc1ccc(N2C(=O)/C(=C\c3ccc(-c4cccc([N+](=O)[O-])c4)o3)SC2=S)cc1. The molecule has 1 aromatic heterocycles. The number of ether oxygens (including phenoxy) is 1. The molecule has 9 heteroatoms. The number of nitro benzene ring substituents is 1. The summed E-state index contributed by atoms with van der Waals surface area (Å²) in [5.74, 6) is 1.40. The largest absolute Gasteiger partial charge is 0.494 e. The highest BCUT2D eigenvalue weighted by atomic mass is 32.2. The molecule has 156 valence electrons. The van der Waals surface area contributed by atoms with Crippen molar-refractivity contribution in [3.63, 3.8) is 0 Å². The molecule has 2 aromatic carbocycles. The Hall–Kier alpha value is -3.43. The van der Waals surface area contributed by atoms with Crippen LogP contribution in [0.4, 0.5) is 11.4 Å². The lowest BCUT2D eigenvalue weighted by atomic mass is 10.1. The molecule has 4 rings (SSSR count). The molecule has 1 saturated heterocycles. The van der Waals surface area contributed by atoms with Crippen molar-refractivity contribution in [2.75, 3.05) is 11.5 Å². The zero-order valence-electron chi connectivity index (χ0n) is 16.3. The molecule has 0 N–H and O–H groups in total. The molecule has 1 fully saturated rings. The molecule has 0 aliphatic carbocycles. The summed E-state index contributed by atoms with van der Waals surface area (Å²) in [5, 5.41) is 11.0. The molecule has 0 radical (unpaired) electrons. The first-order valence-corrected chi connectivity index (χ1v) is 10.5. The Morgan fingerprint density at radius 3 is 2.68 bits per heavy atom. The Kier molecular flexibility index (Phi) is 5.88. The summed E-state index contributed by atoms with van der Waals surface area (Å²) >= 11 is 6.58. The van der Waals surface area contributed by atoms with E-state index in [-0.39, 0.29) is 11.6 Å². The molecule has 31 heavy (non-hydrogen) atoms. The number of carbonyl (C=O) groups excluding carboxylic acids is 1. The average molecular weight is 453 g/mol. The normalized spacial score (nSPS) is 15.0. The van der Waals surface area contributed by atoms with Crippen LogP contribution in [0.15, 0.2) is 70.0 Å². The van der Waals surface area contributed by atoms with Gasteiger partial charge in [0, 0.05) is 23.8 Å². The van der Waals surface area contributed by atoms with Gasteiger partial charge in [0.05, 0.1) is 22.1 Å². The van der Waals surface area contributed by atoms with Crippen LogP contribution < -0.4 is 9.64 Å². The molecular weight excluding hydrogens is 436 g/mol. The van der Waals surface area contributed by atoms with Gasteiger partial charge in [-0.15, -0.1) is 0 Å². The van der Waals surface area contributed by atoms with Gasteiger partial charge in [-0.3, -0.25) is 19.8 Å². The number of hydrogen-bond donors (Lipinski definition) is 0. The van der Waals surface area contributed by atoms with Crippen LogP contribution >= 0.6 is 24.0 Å². The molecule has 7 nitrogen and oxygen atoms in total. The maximum absolute atomic E-state index is 12.9. The van der Waals surface area contributed by atoms with E-state index in [0.717, 1.165) is 5.75 Å². The van der Waals surface area contributed by atoms with Crippen LogP contribution in [0.1, 0.15) is 12.7 Å². The van der Waals surface area contributed by atoms with E-state index in [0.29, 0.717) is 38.6 Å². The van der Waals surface area contributed by atoms with Crippen molar-refractivity contribution in [3.8, 4) is 17.1 Å². The summed E-state index contributed by atoms with van der Waals surface area (Å²) < 4.78 is 11.6. The molecule has 1 aliphatic rings. The smallest absolute Gasteiger partial charge is 0.270 e. The molecule has 2 heterocycles. The van der Waals surface area contributed by atoms with E-state index in [1.54, 1.807) is 54.6 Å². The minimum Gasteiger partial charge on any atom is -0.494 e. The minimum atomic E-state index is -0.459. The number of furan rings is 1. The number of thiocarbonyl (C=S) groups is 1. The summed E-state index contributed by atoms with van der Waals surface area (Å²) in [5.41, 5.74) is 1.22. The number of hydrogen-bond acceptors (Lipinski definition) is 7. The van der Waals surface area contributed by atoms with Crippen LogP contribution in [0.5, 0.6) is 5.75 Å². The Morgan fingerprint density at radius 1 is 1.19 bits per heavy atom. The number of rotatable bonds is 6. The van der Waals surface area contributed by atoms with E-state index in [9.17, 15) is 14.9 Å². The molecule has 3 aromatic rings. The van der Waals surface area contributed by atoms with Gasteiger partial charge in [-0.05, 0) is 43.3 Å². The Balaban J connectivity index is 1.56. The van der Waals surface area contributed by atoms with Gasteiger partial charge < -0.3 is 9.15 Å². The first-order chi connectivity index (χ1) is 15.0. The van der Waals surface area contributed by atoms with Gasteiger partial charge in [-0.1, -0.05) is 36.1 Å². The molecule has 0 saturated carbocycles. The fourth-order valence-electron chi connectivity index (χ4n) is 3.04. The predicted octanol–water partition coefficient (Wildman–Crippen LogP) is 5.66. The van der Waals surface area contributed by atoms with E-state index in [4.69, 9.17) is 21.4 Å². The number of anilines is 1. The number of amides is 1. The first kappa shape index (κ1) is 20.8. The van der Waals surface area contributed by atoms with Crippen LogP contribution in [-0.4, -0.2) is 21.8 Å². The zero-order valence-corrected chi connectivity index (χ0v) is 17.9. The maximum atomic E-state index is 12.9. The van der Waals surface area contributed by atoms with Gasteiger partial charge in [0.25, 0.3) is 11.6 Å². The second kappa shape index (κ2) is 8.75. The Morgan fingerprint density at radius 2 is 1.97 bits per heavy atom. The van der Waals surface area contributed by atoms with E-state index in [1.807, 2.05) is 6.92 Å². The second-order valence-electron chi connectivity index (χ2n) is 6.45. The number of nitro groups is 1. The predicted molar refractivity (Wildman–Crippen MR) is 124 cm³/mol. The third-order valence-electron chi connectivity index (χ3n) is 4.44. The molecule has 1 amide bonds. The lowest BCUT2D eigenvalue weighted by Crippen LogP contribution is -2.27. The number of nitrogens with zero attached hydrogens (tertiary/aromatic N) is 2. The van der Waals surface area contributed by atoms with E-state index >= 15 is 0 Å². The number of thioether (sulfide) groups is 1. The first-order valence-electron chi connectivity index (χ1n) is 9.31. The van der Waals surface area contributed by atoms with Crippen LogP contribution in [0, 0.1) is 10.1 Å². The third-order valence-corrected chi connectivity index (χ3v) is 5.74. The second-order valence-corrected chi connectivity index (χ2v) is 8.13. The number of non-ortho nitro benzene ring substituents is 1. The monoisotopic (exact) mass is 452 g/mol. The highest BCUT2D eigenvalue weighted by molar-refractivity contribution is 8.27. The quantitative estimate of drug-likeness (QED) is 0.206. The molecule has 1 aliphatic heterocycles. The molecule has 0 unspecified atom stereocenters. The third kappa shape index (κ3) is 4.37. The van der Waals surface area contributed by atoms with Crippen molar-refractivity contribution in [2.45, 2.75) is 6.92 Å². The van der Waals surface area contributed by atoms with E-state index in [1.165, 1.54) is 28.8 Å². The van der Waals surface area contributed by atoms with E-state index < -0.39 is 4.92 Å². The van der Waals surface area contributed by atoms with Gasteiger partial charge in [-0.2, -0.15) is 0 Å². The molecule has 0 spiro atoms. The number of benzene rings is 2. The molecule has 0 atom stereocenters. The fraction of sp³-hybridized carbons (Fsp3) is 0.0909. The van der Waals surface area contributed by atoms with Gasteiger partial charge in [-0.25, -0.2) is 0 Å². The minimum absolute atomic E-state index is 0.0216. The Labute approximate surface area is 187 Å². The Bertz CT molecular complexity index is 1200. The summed E-state index contributed by atoms with van der Waals surface area (Å²) in [6.45, 7) is 2.46. The summed E-state index contributed by atoms with van der Waals surface area (Å²) in [4.78, 5) is 25.4. The van der Waals surface area contributed by atoms with Crippen molar-refractivity contribution in [3.05, 3.63) is 81.4 Å². The van der Waals surface area contributed by atoms with Gasteiger partial charge in [0.15, 0.2) is 4.32 Å².